The summed E-state index contributed by atoms with van der Waals surface area (Å²) in [7, 11) is 2.15. The number of benzene rings is 1. The number of nitrogen functional groups attached to an aromatic ring is 1. The van der Waals surface area contributed by atoms with Crippen molar-refractivity contribution in [3.8, 4) is 0 Å². The van der Waals surface area contributed by atoms with Crippen LogP contribution in [0.3, 0.4) is 0 Å². The number of likely N-dealkylation sites (N-methyl/N-ethyl adjacent to an activating group) is 1. The standard InChI is InChI=1S/C15H24N4O/c1-18-7-3-8-19(11-10-18)9-6-15(20)17-14-5-2-4-13(16)12-14/h2,4-5,12H,3,6-11,16H2,1H3,(H,17,20). The van der Waals surface area contributed by atoms with E-state index in [1.165, 1.54) is 6.42 Å². The molecule has 1 aromatic rings. The lowest BCUT2D eigenvalue weighted by Gasteiger charge is -2.19. The van der Waals surface area contributed by atoms with E-state index in [9.17, 15) is 4.79 Å². The number of carbonyl (C=O) groups excluding carboxylic acids is 1. The molecule has 1 aliphatic heterocycles. The van der Waals surface area contributed by atoms with E-state index in [1.807, 2.05) is 18.2 Å². The van der Waals surface area contributed by atoms with Gasteiger partial charge in [0.2, 0.25) is 5.91 Å². The lowest BCUT2D eigenvalue weighted by atomic mass is 10.2. The first-order chi connectivity index (χ1) is 9.63. The second kappa shape index (κ2) is 7.26. The highest BCUT2D eigenvalue weighted by atomic mass is 16.1. The van der Waals surface area contributed by atoms with Gasteiger partial charge < -0.3 is 20.9 Å². The molecular formula is C15H24N4O. The van der Waals surface area contributed by atoms with Gasteiger partial charge in [-0.15, -0.1) is 0 Å². The molecule has 5 heteroatoms. The van der Waals surface area contributed by atoms with Crippen molar-refractivity contribution in [1.29, 1.82) is 0 Å². The van der Waals surface area contributed by atoms with E-state index in [1.54, 1.807) is 6.07 Å². The lowest BCUT2D eigenvalue weighted by molar-refractivity contribution is -0.116. The molecule has 1 aromatic carbocycles. The summed E-state index contributed by atoms with van der Waals surface area (Å²) in [6.45, 7) is 5.17. The highest BCUT2D eigenvalue weighted by molar-refractivity contribution is 5.91. The second-order valence-corrected chi connectivity index (χ2v) is 5.42. The summed E-state index contributed by atoms with van der Waals surface area (Å²) in [6.07, 6.45) is 1.70. The van der Waals surface area contributed by atoms with Gasteiger partial charge in [0.25, 0.3) is 0 Å². The zero-order valence-corrected chi connectivity index (χ0v) is 12.1. The summed E-state index contributed by atoms with van der Waals surface area (Å²) in [5, 5.41) is 2.89. The molecule has 1 aliphatic rings. The van der Waals surface area contributed by atoms with Gasteiger partial charge in [-0.25, -0.2) is 0 Å². The van der Waals surface area contributed by atoms with Crippen molar-refractivity contribution in [3.05, 3.63) is 24.3 Å². The van der Waals surface area contributed by atoms with E-state index >= 15 is 0 Å². The minimum atomic E-state index is 0.0493. The van der Waals surface area contributed by atoms with Crippen LogP contribution in [0.2, 0.25) is 0 Å². The third kappa shape index (κ3) is 4.83. The Bertz CT molecular complexity index is 449. The van der Waals surface area contributed by atoms with Crippen LogP contribution in [-0.4, -0.2) is 55.5 Å². The molecule has 110 valence electrons. The zero-order chi connectivity index (χ0) is 14.4. The maximum Gasteiger partial charge on any atom is 0.225 e. The molecular weight excluding hydrogens is 252 g/mol. The average molecular weight is 276 g/mol. The van der Waals surface area contributed by atoms with Gasteiger partial charge in [0.1, 0.15) is 0 Å². The number of anilines is 2. The van der Waals surface area contributed by atoms with E-state index in [0.29, 0.717) is 12.1 Å². The highest BCUT2D eigenvalue weighted by Crippen LogP contribution is 2.12. The van der Waals surface area contributed by atoms with E-state index < -0.39 is 0 Å². The number of carbonyl (C=O) groups is 1. The molecule has 1 saturated heterocycles. The van der Waals surface area contributed by atoms with Gasteiger partial charge in [0, 0.05) is 37.4 Å². The third-order valence-electron chi connectivity index (χ3n) is 3.64. The predicted octanol–water partition coefficient (Wildman–Crippen LogP) is 1.23. The monoisotopic (exact) mass is 276 g/mol. The summed E-state index contributed by atoms with van der Waals surface area (Å²) in [6, 6.07) is 7.28. The van der Waals surface area contributed by atoms with Crippen molar-refractivity contribution in [1.82, 2.24) is 9.80 Å². The topological polar surface area (TPSA) is 61.6 Å². The summed E-state index contributed by atoms with van der Waals surface area (Å²) < 4.78 is 0. The van der Waals surface area contributed by atoms with Crippen molar-refractivity contribution >= 4 is 17.3 Å². The summed E-state index contributed by atoms with van der Waals surface area (Å²) in [5.41, 5.74) is 7.13. The van der Waals surface area contributed by atoms with Crippen LogP contribution in [0.25, 0.3) is 0 Å². The van der Waals surface area contributed by atoms with Gasteiger partial charge in [-0.1, -0.05) is 6.07 Å². The maximum absolute atomic E-state index is 11.9. The average Bonchev–Trinajstić information content (AvgIpc) is 2.61. The molecule has 3 N–H and O–H groups in total. The molecule has 0 spiro atoms. The van der Waals surface area contributed by atoms with Crippen LogP contribution in [0, 0.1) is 0 Å². The number of hydrogen-bond donors (Lipinski definition) is 2. The molecule has 2 rings (SSSR count). The molecule has 1 heterocycles. The fraction of sp³-hybridized carbons (Fsp3) is 0.533. The molecule has 1 amide bonds. The summed E-state index contributed by atoms with van der Waals surface area (Å²) >= 11 is 0. The first kappa shape index (κ1) is 14.8. The Hall–Kier alpha value is -1.59. The summed E-state index contributed by atoms with van der Waals surface area (Å²) in [4.78, 5) is 16.6. The molecule has 1 fully saturated rings. The minimum absolute atomic E-state index is 0.0493. The molecule has 0 radical (unpaired) electrons. The van der Waals surface area contributed by atoms with Crippen molar-refractivity contribution in [3.63, 3.8) is 0 Å². The Morgan fingerprint density at radius 2 is 2.15 bits per heavy atom. The zero-order valence-electron chi connectivity index (χ0n) is 12.1. The first-order valence-electron chi connectivity index (χ1n) is 7.20. The van der Waals surface area contributed by atoms with Crippen LogP contribution in [0.5, 0.6) is 0 Å². The van der Waals surface area contributed by atoms with Gasteiger partial charge in [-0.05, 0) is 44.8 Å². The van der Waals surface area contributed by atoms with E-state index in [0.717, 1.165) is 38.4 Å². The molecule has 0 unspecified atom stereocenters. The fourth-order valence-electron chi connectivity index (χ4n) is 2.42. The largest absolute Gasteiger partial charge is 0.399 e. The molecule has 0 bridgehead atoms. The Balaban J connectivity index is 1.74. The van der Waals surface area contributed by atoms with Crippen molar-refractivity contribution < 1.29 is 4.79 Å². The lowest BCUT2D eigenvalue weighted by Crippen LogP contribution is -2.31. The van der Waals surface area contributed by atoms with Crippen LogP contribution in [0.1, 0.15) is 12.8 Å². The van der Waals surface area contributed by atoms with Crippen LogP contribution >= 0.6 is 0 Å². The quantitative estimate of drug-likeness (QED) is 0.812. The van der Waals surface area contributed by atoms with Gasteiger partial charge >= 0.3 is 0 Å². The van der Waals surface area contributed by atoms with Crippen molar-refractivity contribution in [2.24, 2.45) is 0 Å². The fourth-order valence-corrected chi connectivity index (χ4v) is 2.42. The number of amides is 1. The molecule has 5 nitrogen and oxygen atoms in total. The number of hydrogen-bond acceptors (Lipinski definition) is 4. The Morgan fingerprint density at radius 1 is 1.30 bits per heavy atom. The smallest absolute Gasteiger partial charge is 0.225 e. The van der Waals surface area contributed by atoms with E-state index in [-0.39, 0.29) is 5.91 Å². The van der Waals surface area contributed by atoms with Crippen LogP contribution in [-0.2, 0) is 4.79 Å². The number of nitrogens with one attached hydrogen (secondary N) is 1. The maximum atomic E-state index is 11.9. The van der Waals surface area contributed by atoms with E-state index in [2.05, 4.69) is 22.2 Å². The van der Waals surface area contributed by atoms with Gasteiger partial charge in [0.15, 0.2) is 0 Å². The number of nitrogens with zero attached hydrogens (tertiary/aromatic N) is 2. The predicted molar refractivity (Wildman–Crippen MR) is 82.7 cm³/mol. The van der Waals surface area contributed by atoms with Crippen molar-refractivity contribution in [2.75, 3.05) is 50.8 Å². The van der Waals surface area contributed by atoms with Gasteiger partial charge in [-0.2, -0.15) is 0 Å². The molecule has 0 aromatic heterocycles. The summed E-state index contributed by atoms with van der Waals surface area (Å²) in [5.74, 6) is 0.0493. The highest BCUT2D eigenvalue weighted by Gasteiger charge is 2.13. The molecule has 0 aliphatic carbocycles. The van der Waals surface area contributed by atoms with Gasteiger partial charge in [-0.3, -0.25) is 4.79 Å². The van der Waals surface area contributed by atoms with E-state index in [4.69, 9.17) is 5.73 Å². The number of rotatable bonds is 4. The Kier molecular flexibility index (Phi) is 5.38. The SMILES string of the molecule is CN1CCCN(CCC(=O)Nc2cccc(N)c2)CC1. The second-order valence-electron chi connectivity index (χ2n) is 5.42. The van der Waals surface area contributed by atoms with Crippen LogP contribution < -0.4 is 11.1 Å². The minimum Gasteiger partial charge on any atom is -0.399 e. The van der Waals surface area contributed by atoms with Gasteiger partial charge in [0.05, 0.1) is 0 Å². The van der Waals surface area contributed by atoms with Crippen molar-refractivity contribution in [2.45, 2.75) is 12.8 Å². The first-order valence-corrected chi connectivity index (χ1v) is 7.20. The van der Waals surface area contributed by atoms with Crippen LogP contribution in [0.15, 0.2) is 24.3 Å². The molecule has 0 atom stereocenters. The molecule has 20 heavy (non-hydrogen) atoms. The van der Waals surface area contributed by atoms with Crippen LogP contribution in [0.4, 0.5) is 11.4 Å². The Morgan fingerprint density at radius 3 is 2.95 bits per heavy atom. The molecule has 0 saturated carbocycles. The number of nitrogens with two attached hydrogens (primary N) is 1. The normalized spacial score (nSPS) is 17.6. The third-order valence-corrected chi connectivity index (χ3v) is 3.64. The Labute approximate surface area is 120 Å².